The van der Waals surface area contributed by atoms with E-state index in [1.165, 1.54) is 11.1 Å². The second kappa shape index (κ2) is 8.22. The molecule has 138 valence electrons. The predicted octanol–water partition coefficient (Wildman–Crippen LogP) is -0.954. The highest BCUT2D eigenvalue weighted by molar-refractivity contribution is 5.76. The maximum Gasteiger partial charge on any atom is 0.347 e. The largest absolute Gasteiger partial charge is 0.621 e. The lowest BCUT2D eigenvalue weighted by molar-refractivity contribution is -0.851. The van der Waals surface area contributed by atoms with Crippen LogP contribution in [0.1, 0.15) is 24.0 Å². The Balaban J connectivity index is 1.62. The fraction of sp³-hybridized carbons (Fsp3) is 0.588. The number of fused-ring (bicyclic) bond motifs is 2. The van der Waals surface area contributed by atoms with E-state index in [2.05, 4.69) is 15.3 Å². The van der Waals surface area contributed by atoms with Gasteiger partial charge in [-0.3, -0.25) is 5.06 Å². The van der Waals surface area contributed by atoms with Crippen LogP contribution in [0.3, 0.4) is 0 Å². The summed E-state index contributed by atoms with van der Waals surface area (Å²) in [4.78, 5) is 6.49. The second-order valence-electron chi connectivity index (χ2n) is 6.68. The third-order valence-electron chi connectivity index (χ3n) is 4.81. The van der Waals surface area contributed by atoms with E-state index in [1.54, 1.807) is 7.11 Å². The molecule has 1 aromatic rings. The minimum Gasteiger partial charge on any atom is -0.621 e. The van der Waals surface area contributed by atoms with Gasteiger partial charge in [0.1, 0.15) is 0 Å². The molecular formula is C17H27N5O3. The van der Waals surface area contributed by atoms with Crippen LogP contribution in [0.5, 0.6) is 0 Å². The molecule has 8 heteroatoms. The summed E-state index contributed by atoms with van der Waals surface area (Å²) in [5.74, 6) is 0.176. The lowest BCUT2D eigenvalue weighted by atomic mass is 10.1. The van der Waals surface area contributed by atoms with Gasteiger partial charge in [0.25, 0.3) is 0 Å². The Hall–Kier alpha value is -1.55. The van der Waals surface area contributed by atoms with Gasteiger partial charge in [0.05, 0.1) is 6.61 Å². The highest BCUT2D eigenvalue weighted by Gasteiger charge is 2.31. The third-order valence-corrected chi connectivity index (χ3v) is 4.81. The van der Waals surface area contributed by atoms with E-state index in [4.69, 9.17) is 4.74 Å². The number of hydroxylamine groups is 1. The number of quaternary nitrogens is 2. The molecule has 1 aliphatic heterocycles. The lowest BCUT2D eigenvalue weighted by Crippen LogP contribution is -3.24. The van der Waals surface area contributed by atoms with Crippen molar-refractivity contribution in [3.05, 3.63) is 33.7 Å². The van der Waals surface area contributed by atoms with Crippen LogP contribution in [-0.4, -0.2) is 51.3 Å². The molecule has 3 rings (SSSR count). The van der Waals surface area contributed by atoms with E-state index in [1.807, 2.05) is 19.2 Å². The number of rotatable bonds is 7. The Kier molecular flexibility index (Phi) is 6.00. The van der Waals surface area contributed by atoms with Crippen molar-refractivity contribution >= 4 is 17.3 Å². The quantitative estimate of drug-likeness (QED) is 0.436. The van der Waals surface area contributed by atoms with Gasteiger partial charge in [-0.25, -0.2) is 10.2 Å². The zero-order valence-electron chi connectivity index (χ0n) is 14.9. The van der Waals surface area contributed by atoms with Gasteiger partial charge in [-0.2, -0.15) is 5.43 Å². The van der Waals surface area contributed by atoms with Crippen LogP contribution in [0.25, 0.3) is 0 Å². The summed E-state index contributed by atoms with van der Waals surface area (Å²) in [7, 11) is 3.71. The molecule has 0 saturated carbocycles. The van der Waals surface area contributed by atoms with Crippen molar-refractivity contribution < 1.29 is 15.0 Å². The maximum absolute atomic E-state index is 12.7. The molecule has 2 atom stereocenters. The Bertz CT molecular complexity index is 637. The van der Waals surface area contributed by atoms with Crippen molar-refractivity contribution in [3.63, 3.8) is 0 Å². The van der Waals surface area contributed by atoms with E-state index in [-0.39, 0.29) is 16.2 Å². The molecule has 3 N–H and O–H groups in total. The van der Waals surface area contributed by atoms with Gasteiger partial charge in [-0.1, -0.05) is 0 Å². The normalized spacial score (nSPS) is 23.6. The molecule has 0 bridgehead atoms. The average molecular weight is 349 g/mol. The molecule has 0 saturated heterocycles. The standard InChI is InChI=1S/C17H27N5O3/c1-20(9-10-25-2)8-4-7-18-17-19-22(24)16-12-14-6-3-5-13(14)11-15(16)21(17)23/h11-12,21-22H,3-10H2,1-2H3,(H,18,19). The van der Waals surface area contributed by atoms with Gasteiger partial charge in [-0.05, 0) is 50.4 Å². The third kappa shape index (κ3) is 4.17. The van der Waals surface area contributed by atoms with E-state index in [0.717, 1.165) is 38.8 Å². The summed E-state index contributed by atoms with van der Waals surface area (Å²) in [6, 6.07) is 3.78. The van der Waals surface area contributed by atoms with Gasteiger partial charge in [-0.15, -0.1) is 0 Å². The van der Waals surface area contributed by atoms with E-state index in [9.17, 15) is 10.4 Å². The molecule has 1 aromatic carbocycles. The topological polar surface area (TPSA) is 91.9 Å². The number of aryl methyl sites for hydroxylation is 2. The molecule has 0 radical (unpaired) electrons. The zero-order valence-corrected chi connectivity index (χ0v) is 14.9. The first-order valence-corrected chi connectivity index (χ1v) is 8.84. The van der Waals surface area contributed by atoms with Crippen molar-refractivity contribution in [2.75, 3.05) is 40.4 Å². The number of aliphatic imine (C=N–C) groups is 1. The molecular weight excluding hydrogens is 322 g/mol. The Labute approximate surface area is 148 Å². The summed E-state index contributed by atoms with van der Waals surface area (Å²) in [6.45, 7) is 2.94. The van der Waals surface area contributed by atoms with Crippen LogP contribution in [0.15, 0.2) is 17.1 Å². The van der Waals surface area contributed by atoms with Gasteiger partial charge < -0.3 is 20.1 Å². The number of guanidine groups is 1. The Morgan fingerprint density at radius 1 is 1.20 bits per heavy atom. The number of hydrogen-bond donors (Lipinski definition) is 3. The highest BCUT2D eigenvalue weighted by atomic mass is 16.6. The number of methoxy groups -OCH3 is 1. The van der Waals surface area contributed by atoms with Gasteiger partial charge in [0.2, 0.25) is 11.4 Å². The summed E-state index contributed by atoms with van der Waals surface area (Å²) in [5.41, 5.74) is 6.04. The summed E-state index contributed by atoms with van der Waals surface area (Å²) >= 11 is 0. The van der Waals surface area contributed by atoms with Gasteiger partial charge in [0.15, 0.2) is 0 Å². The molecule has 2 aliphatic rings. The predicted molar refractivity (Wildman–Crippen MR) is 95.9 cm³/mol. The second-order valence-corrected chi connectivity index (χ2v) is 6.68. The van der Waals surface area contributed by atoms with Crippen LogP contribution < -0.4 is 15.7 Å². The molecule has 0 spiro atoms. The zero-order chi connectivity index (χ0) is 17.8. The van der Waals surface area contributed by atoms with Crippen LogP contribution in [-0.2, 0) is 17.6 Å². The first-order chi connectivity index (χ1) is 12.1. The molecule has 1 heterocycles. The van der Waals surface area contributed by atoms with Crippen LogP contribution in [0.2, 0.25) is 0 Å². The van der Waals surface area contributed by atoms with Crippen molar-refractivity contribution in [1.29, 1.82) is 0 Å². The minimum absolute atomic E-state index is 0.169. The molecule has 25 heavy (non-hydrogen) atoms. The molecule has 0 aromatic heterocycles. The lowest BCUT2D eigenvalue weighted by Gasteiger charge is -2.34. The number of hydrogen-bond acceptors (Lipinski definition) is 5. The fourth-order valence-electron chi connectivity index (χ4n) is 3.36. The summed E-state index contributed by atoms with van der Waals surface area (Å²) in [6.07, 6.45) is 3.88. The minimum atomic E-state index is -0.222. The molecule has 1 aliphatic carbocycles. The molecule has 2 unspecified atom stereocenters. The SMILES string of the molecule is COCCN(C)CCCN=C1N[NH+]([O-])c2cc3c(cc2[NH+]1[O-])CCC3. The number of nitrogens with one attached hydrogen (secondary N) is 3. The van der Waals surface area contributed by atoms with Crippen LogP contribution in [0.4, 0.5) is 11.4 Å². The first kappa shape index (κ1) is 18.2. The number of nitrogens with zero attached hydrogens (tertiary/aromatic N) is 2. The Morgan fingerprint density at radius 3 is 2.64 bits per heavy atom. The smallest absolute Gasteiger partial charge is 0.347 e. The maximum atomic E-state index is 12.7. The summed E-state index contributed by atoms with van der Waals surface area (Å²) in [5, 5.41) is 24.6. The Morgan fingerprint density at radius 2 is 1.92 bits per heavy atom. The van der Waals surface area contributed by atoms with E-state index in [0.29, 0.717) is 24.5 Å². The van der Waals surface area contributed by atoms with Crippen molar-refractivity contribution in [1.82, 2.24) is 10.3 Å². The van der Waals surface area contributed by atoms with Gasteiger partial charge >= 0.3 is 5.96 Å². The van der Waals surface area contributed by atoms with E-state index >= 15 is 0 Å². The van der Waals surface area contributed by atoms with Crippen molar-refractivity contribution in [2.45, 2.75) is 25.7 Å². The van der Waals surface area contributed by atoms with Crippen LogP contribution in [0, 0.1) is 10.4 Å². The summed E-state index contributed by atoms with van der Waals surface area (Å²) < 4.78 is 5.04. The number of benzene rings is 1. The number of likely N-dealkylation sites (N-methyl/N-ethyl adjacent to an activating group) is 1. The molecule has 8 nitrogen and oxygen atoms in total. The molecule has 0 fully saturated rings. The van der Waals surface area contributed by atoms with E-state index < -0.39 is 0 Å². The fourth-order valence-corrected chi connectivity index (χ4v) is 3.36. The first-order valence-electron chi connectivity index (χ1n) is 8.84. The van der Waals surface area contributed by atoms with Crippen molar-refractivity contribution in [3.8, 4) is 0 Å². The molecule has 0 amide bonds. The monoisotopic (exact) mass is 349 g/mol. The van der Waals surface area contributed by atoms with Crippen LogP contribution >= 0.6 is 0 Å². The average Bonchev–Trinajstić information content (AvgIpc) is 3.07. The number of ether oxygens (including phenoxy) is 1. The van der Waals surface area contributed by atoms with Crippen molar-refractivity contribution in [2.24, 2.45) is 4.99 Å². The van der Waals surface area contributed by atoms with Gasteiger partial charge in [0, 0.05) is 32.3 Å². The highest BCUT2D eigenvalue weighted by Crippen LogP contribution is 2.28.